The Balaban J connectivity index is 1.73. The summed E-state index contributed by atoms with van der Waals surface area (Å²) in [5, 5.41) is 0. The third-order valence-corrected chi connectivity index (χ3v) is 5.70. The summed E-state index contributed by atoms with van der Waals surface area (Å²) in [4.78, 5) is 27.7. The highest BCUT2D eigenvalue weighted by Crippen LogP contribution is 2.25. The summed E-state index contributed by atoms with van der Waals surface area (Å²) in [6.45, 7) is 5.96. The van der Waals surface area contributed by atoms with Crippen molar-refractivity contribution >= 4 is 17.2 Å². The molecule has 2 aromatic rings. The van der Waals surface area contributed by atoms with Crippen LogP contribution in [-0.4, -0.2) is 39.7 Å². The third kappa shape index (κ3) is 3.18. The van der Waals surface area contributed by atoms with Crippen LogP contribution in [0.15, 0.2) is 23.1 Å². The van der Waals surface area contributed by atoms with Gasteiger partial charge in [-0.05, 0) is 26.0 Å². The molecule has 3 heterocycles. The Bertz CT molecular complexity index is 789. The molecule has 0 aromatic carbocycles. The summed E-state index contributed by atoms with van der Waals surface area (Å²) in [5.74, 6) is 0.0691. The van der Waals surface area contributed by atoms with Gasteiger partial charge in [-0.1, -0.05) is 11.3 Å². The number of ether oxygens (including phenoxy) is 1. The molecule has 1 amide bonds. The molecule has 0 N–H and O–H groups in total. The van der Waals surface area contributed by atoms with Gasteiger partial charge in [-0.2, -0.15) is 0 Å². The molecule has 1 saturated heterocycles. The minimum atomic E-state index is -0.0618. The molecule has 0 saturated carbocycles. The zero-order valence-electron chi connectivity index (χ0n) is 14.3. The number of rotatable bonds is 4. The second-order valence-corrected chi connectivity index (χ2v) is 7.30. The van der Waals surface area contributed by atoms with Crippen LogP contribution in [0.5, 0.6) is 0 Å². The van der Waals surface area contributed by atoms with E-state index in [9.17, 15) is 9.59 Å². The van der Waals surface area contributed by atoms with Crippen LogP contribution in [0.1, 0.15) is 28.7 Å². The minimum Gasteiger partial charge on any atom is -0.377 e. The van der Waals surface area contributed by atoms with Crippen molar-refractivity contribution in [1.82, 2.24) is 14.0 Å². The molecule has 24 heavy (non-hydrogen) atoms. The van der Waals surface area contributed by atoms with Gasteiger partial charge >= 0.3 is 4.87 Å². The van der Waals surface area contributed by atoms with Gasteiger partial charge in [-0.25, -0.2) is 0 Å². The van der Waals surface area contributed by atoms with Crippen molar-refractivity contribution in [2.75, 3.05) is 19.8 Å². The number of aryl methyl sites for hydroxylation is 2. The van der Waals surface area contributed by atoms with Crippen molar-refractivity contribution in [3.05, 3.63) is 44.3 Å². The van der Waals surface area contributed by atoms with Gasteiger partial charge in [0.05, 0.1) is 19.3 Å². The Hall–Kier alpha value is -1.86. The number of amides is 1. The lowest BCUT2D eigenvalue weighted by atomic mass is 10.1. The number of nitrogens with zero attached hydrogens (tertiary/aromatic N) is 3. The molecule has 3 rings (SSSR count). The highest BCUT2D eigenvalue weighted by Gasteiger charge is 2.29. The maximum atomic E-state index is 12.8. The third-order valence-electron chi connectivity index (χ3n) is 4.70. The number of hydrogen-bond donors (Lipinski definition) is 0. The van der Waals surface area contributed by atoms with E-state index in [-0.39, 0.29) is 16.8 Å². The first kappa shape index (κ1) is 17.0. The van der Waals surface area contributed by atoms with Crippen molar-refractivity contribution in [3.63, 3.8) is 0 Å². The number of aromatic nitrogens is 2. The fraction of sp³-hybridized carbons (Fsp3) is 0.529. The van der Waals surface area contributed by atoms with Gasteiger partial charge < -0.3 is 18.8 Å². The first-order valence-electron chi connectivity index (χ1n) is 8.14. The van der Waals surface area contributed by atoms with Gasteiger partial charge in [0.1, 0.15) is 0 Å². The molecule has 1 atom stereocenters. The van der Waals surface area contributed by atoms with Gasteiger partial charge in [0, 0.05) is 49.0 Å². The average molecular weight is 349 g/mol. The molecule has 2 aromatic heterocycles. The molecule has 0 aliphatic carbocycles. The number of thiazole rings is 1. The van der Waals surface area contributed by atoms with E-state index in [0.717, 1.165) is 16.3 Å². The quantitative estimate of drug-likeness (QED) is 0.846. The lowest BCUT2D eigenvalue weighted by Gasteiger charge is -2.36. The molecular formula is C17H23N3O3S. The van der Waals surface area contributed by atoms with Crippen molar-refractivity contribution in [2.45, 2.75) is 32.9 Å². The van der Waals surface area contributed by atoms with Gasteiger partial charge in [0.25, 0.3) is 0 Å². The molecule has 0 unspecified atom stereocenters. The lowest BCUT2D eigenvalue weighted by molar-refractivity contribution is -0.140. The number of carbonyl (C=O) groups is 1. The summed E-state index contributed by atoms with van der Waals surface area (Å²) >= 11 is 1.24. The van der Waals surface area contributed by atoms with Gasteiger partial charge in [-0.15, -0.1) is 0 Å². The van der Waals surface area contributed by atoms with E-state index in [1.54, 1.807) is 4.57 Å². The van der Waals surface area contributed by atoms with Crippen LogP contribution in [0.4, 0.5) is 0 Å². The normalized spacial score (nSPS) is 18.1. The molecule has 1 fully saturated rings. The van der Waals surface area contributed by atoms with Crippen molar-refractivity contribution in [3.8, 4) is 0 Å². The lowest BCUT2D eigenvalue weighted by Crippen LogP contribution is -2.44. The Morgan fingerprint density at radius 2 is 2.21 bits per heavy atom. The molecule has 6 nitrogen and oxygen atoms in total. The monoisotopic (exact) mass is 349 g/mol. The summed E-state index contributed by atoms with van der Waals surface area (Å²) < 4.78 is 9.31. The predicted molar refractivity (Wildman–Crippen MR) is 93.4 cm³/mol. The van der Waals surface area contributed by atoms with Crippen LogP contribution in [0.3, 0.4) is 0 Å². The van der Waals surface area contributed by atoms with Crippen LogP contribution < -0.4 is 4.87 Å². The van der Waals surface area contributed by atoms with Crippen molar-refractivity contribution in [2.24, 2.45) is 7.05 Å². The Labute approximate surface area is 145 Å². The molecule has 0 spiro atoms. The van der Waals surface area contributed by atoms with E-state index in [2.05, 4.69) is 0 Å². The zero-order valence-corrected chi connectivity index (χ0v) is 15.1. The predicted octanol–water partition coefficient (Wildman–Crippen LogP) is 1.86. The standard InChI is InChI=1S/C17H23N3O3S/c1-12-13(2)24-17(22)19(12)8-6-16(21)20-9-10-23-11-15(20)14-5-4-7-18(14)3/h4-5,7,15H,6,8-11H2,1-3H3/t15-/m0/s1. The molecule has 1 aliphatic rings. The molecule has 0 radical (unpaired) electrons. The SMILES string of the molecule is Cc1sc(=O)n(CCC(=O)N2CCOC[C@H]2c2cccn2C)c1C. The topological polar surface area (TPSA) is 56.5 Å². The van der Waals surface area contributed by atoms with Crippen LogP contribution in [0, 0.1) is 13.8 Å². The van der Waals surface area contributed by atoms with E-state index >= 15 is 0 Å². The Morgan fingerprint density at radius 3 is 2.83 bits per heavy atom. The van der Waals surface area contributed by atoms with E-state index in [0.29, 0.717) is 32.7 Å². The minimum absolute atomic E-state index is 0.0127. The molecule has 130 valence electrons. The summed E-state index contributed by atoms with van der Waals surface area (Å²) in [5.41, 5.74) is 2.03. The van der Waals surface area contributed by atoms with Crippen molar-refractivity contribution < 1.29 is 9.53 Å². The fourth-order valence-corrected chi connectivity index (χ4v) is 4.02. The average Bonchev–Trinajstić information content (AvgIpc) is 3.09. The van der Waals surface area contributed by atoms with Crippen molar-refractivity contribution in [1.29, 1.82) is 0 Å². The summed E-state index contributed by atoms with van der Waals surface area (Å²) in [7, 11) is 1.98. The zero-order chi connectivity index (χ0) is 17.3. The maximum absolute atomic E-state index is 12.8. The highest BCUT2D eigenvalue weighted by atomic mass is 32.1. The number of carbonyl (C=O) groups excluding carboxylic acids is 1. The largest absolute Gasteiger partial charge is 0.377 e. The van der Waals surface area contributed by atoms with Gasteiger partial charge in [0.15, 0.2) is 0 Å². The molecule has 1 aliphatic heterocycles. The van der Waals surface area contributed by atoms with Crippen LogP contribution in [-0.2, 0) is 23.1 Å². The van der Waals surface area contributed by atoms with E-state index in [4.69, 9.17) is 4.74 Å². The first-order valence-corrected chi connectivity index (χ1v) is 8.96. The fourth-order valence-electron chi connectivity index (χ4n) is 3.16. The van der Waals surface area contributed by atoms with Crippen LogP contribution in [0.25, 0.3) is 0 Å². The number of hydrogen-bond acceptors (Lipinski definition) is 4. The Morgan fingerprint density at radius 1 is 1.42 bits per heavy atom. The second-order valence-electron chi connectivity index (χ2n) is 6.13. The maximum Gasteiger partial charge on any atom is 0.307 e. The van der Waals surface area contributed by atoms with Crippen LogP contribution in [0.2, 0.25) is 0 Å². The van der Waals surface area contributed by atoms with E-state index in [1.165, 1.54) is 11.3 Å². The molecular weight excluding hydrogens is 326 g/mol. The molecule has 7 heteroatoms. The van der Waals surface area contributed by atoms with Gasteiger partial charge in [-0.3, -0.25) is 9.59 Å². The van der Waals surface area contributed by atoms with E-state index in [1.807, 2.05) is 48.7 Å². The smallest absolute Gasteiger partial charge is 0.307 e. The van der Waals surface area contributed by atoms with E-state index < -0.39 is 0 Å². The second kappa shape index (κ2) is 6.94. The van der Waals surface area contributed by atoms with Crippen LogP contribution >= 0.6 is 11.3 Å². The Kier molecular flexibility index (Phi) is 4.91. The highest BCUT2D eigenvalue weighted by molar-refractivity contribution is 7.09. The molecule has 0 bridgehead atoms. The summed E-state index contributed by atoms with van der Waals surface area (Å²) in [6.07, 6.45) is 2.31. The first-order chi connectivity index (χ1) is 11.5. The van der Waals surface area contributed by atoms with Gasteiger partial charge in [0.2, 0.25) is 5.91 Å². The summed E-state index contributed by atoms with van der Waals surface area (Å²) in [6, 6.07) is 3.94. The number of morpholine rings is 1.